The Kier molecular flexibility index (Phi) is 2.52. The van der Waals surface area contributed by atoms with Crippen LogP contribution in [0.3, 0.4) is 0 Å². The number of piperidine rings is 1. The second-order valence-corrected chi connectivity index (χ2v) is 4.68. The third kappa shape index (κ3) is 1.78. The Labute approximate surface area is 100 Å². The average molecular weight is 231 g/mol. The fourth-order valence-electron chi connectivity index (χ4n) is 2.48. The second kappa shape index (κ2) is 4.04. The molecule has 4 nitrogen and oxygen atoms in total. The highest BCUT2D eigenvalue weighted by Crippen LogP contribution is 2.23. The monoisotopic (exact) mass is 231 g/mol. The van der Waals surface area contributed by atoms with Crippen LogP contribution in [0.2, 0.25) is 0 Å². The maximum absolute atomic E-state index is 9.53. The number of aliphatic hydroxyl groups is 1. The summed E-state index contributed by atoms with van der Waals surface area (Å²) in [6, 6.07) is 8.18. The van der Waals surface area contributed by atoms with Crippen LogP contribution in [0.15, 0.2) is 24.3 Å². The highest BCUT2D eigenvalue weighted by molar-refractivity contribution is 5.78. The molecule has 0 unspecified atom stereocenters. The number of imidazole rings is 1. The van der Waals surface area contributed by atoms with Crippen molar-refractivity contribution in [3.63, 3.8) is 0 Å². The Morgan fingerprint density at radius 1 is 1.24 bits per heavy atom. The van der Waals surface area contributed by atoms with Gasteiger partial charge >= 0.3 is 0 Å². The summed E-state index contributed by atoms with van der Waals surface area (Å²) in [4.78, 5) is 6.92. The average Bonchev–Trinajstić information content (AvgIpc) is 2.69. The van der Waals surface area contributed by atoms with Gasteiger partial charge in [0.05, 0.1) is 17.1 Å². The summed E-state index contributed by atoms with van der Waals surface area (Å²) in [6.07, 6.45) is 1.54. The van der Waals surface area contributed by atoms with Crippen molar-refractivity contribution >= 4 is 17.0 Å². The molecule has 1 aromatic carbocycles. The molecule has 2 aromatic rings. The molecule has 1 aliphatic rings. The predicted molar refractivity (Wildman–Crippen MR) is 68.2 cm³/mol. The van der Waals surface area contributed by atoms with Gasteiger partial charge in [0, 0.05) is 20.1 Å². The highest BCUT2D eigenvalue weighted by Gasteiger charge is 2.21. The van der Waals surface area contributed by atoms with Gasteiger partial charge in [-0.25, -0.2) is 4.98 Å². The third-order valence-corrected chi connectivity index (χ3v) is 3.51. The first kappa shape index (κ1) is 10.6. The van der Waals surface area contributed by atoms with Crippen molar-refractivity contribution in [1.82, 2.24) is 9.55 Å². The standard InChI is InChI=1S/C13H17N3O/c1-15-12-5-3-2-4-11(12)14-13(15)16-8-6-10(17)7-9-16/h2-5,10,17H,6-9H2,1H3. The maximum Gasteiger partial charge on any atom is 0.206 e. The third-order valence-electron chi connectivity index (χ3n) is 3.51. The number of aryl methyl sites for hydroxylation is 1. The zero-order valence-corrected chi connectivity index (χ0v) is 10.0. The predicted octanol–water partition coefficient (Wildman–Crippen LogP) is 1.53. The number of anilines is 1. The molecule has 0 aliphatic carbocycles. The van der Waals surface area contributed by atoms with Crippen LogP contribution in [0.4, 0.5) is 5.95 Å². The van der Waals surface area contributed by atoms with E-state index in [4.69, 9.17) is 0 Å². The van der Waals surface area contributed by atoms with Crippen LogP contribution < -0.4 is 4.90 Å². The molecule has 4 heteroatoms. The summed E-state index contributed by atoms with van der Waals surface area (Å²) in [5.41, 5.74) is 2.20. The Balaban J connectivity index is 1.97. The van der Waals surface area contributed by atoms with E-state index in [1.807, 2.05) is 18.2 Å². The van der Waals surface area contributed by atoms with E-state index in [0.29, 0.717) is 0 Å². The van der Waals surface area contributed by atoms with E-state index in [0.717, 1.165) is 42.9 Å². The lowest BCUT2D eigenvalue weighted by molar-refractivity contribution is 0.145. The first-order valence-electron chi connectivity index (χ1n) is 6.10. The summed E-state index contributed by atoms with van der Waals surface area (Å²) in [5.74, 6) is 1.01. The number of aromatic nitrogens is 2. The number of aliphatic hydroxyl groups excluding tert-OH is 1. The molecule has 0 amide bonds. The van der Waals surface area contributed by atoms with E-state index < -0.39 is 0 Å². The van der Waals surface area contributed by atoms with Crippen molar-refractivity contribution in [2.45, 2.75) is 18.9 Å². The molecular formula is C13H17N3O. The summed E-state index contributed by atoms with van der Waals surface area (Å²) >= 11 is 0. The topological polar surface area (TPSA) is 41.3 Å². The lowest BCUT2D eigenvalue weighted by Crippen LogP contribution is -2.37. The molecule has 1 fully saturated rings. The molecule has 0 spiro atoms. The van der Waals surface area contributed by atoms with Gasteiger partial charge in [-0.15, -0.1) is 0 Å². The minimum absolute atomic E-state index is 0.138. The molecule has 1 aromatic heterocycles. The van der Waals surface area contributed by atoms with E-state index in [1.165, 1.54) is 0 Å². The zero-order chi connectivity index (χ0) is 11.8. The van der Waals surface area contributed by atoms with Crippen LogP contribution in [0.1, 0.15) is 12.8 Å². The van der Waals surface area contributed by atoms with Gasteiger partial charge in [0.25, 0.3) is 0 Å². The Morgan fingerprint density at radius 3 is 2.65 bits per heavy atom. The maximum atomic E-state index is 9.53. The summed E-state index contributed by atoms with van der Waals surface area (Å²) in [7, 11) is 2.05. The quantitative estimate of drug-likeness (QED) is 0.809. The number of fused-ring (bicyclic) bond motifs is 1. The lowest BCUT2D eigenvalue weighted by atomic mass is 10.1. The van der Waals surface area contributed by atoms with Gasteiger partial charge in [-0.1, -0.05) is 12.1 Å². The SMILES string of the molecule is Cn1c(N2CCC(O)CC2)nc2ccccc21. The zero-order valence-electron chi connectivity index (χ0n) is 10.0. The minimum Gasteiger partial charge on any atom is -0.393 e. The molecule has 1 N–H and O–H groups in total. The van der Waals surface area contributed by atoms with Gasteiger partial charge in [0.1, 0.15) is 0 Å². The fraction of sp³-hybridized carbons (Fsp3) is 0.462. The smallest absolute Gasteiger partial charge is 0.206 e. The first-order chi connectivity index (χ1) is 8.25. The number of rotatable bonds is 1. The van der Waals surface area contributed by atoms with Crippen molar-refractivity contribution in [1.29, 1.82) is 0 Å². The summed E-state index contributed by atoms with van der Waals surface area (Å²) in [5, 5.41) is 9.53. The molecule has 90 valence electrons. The van der Waals surface area contributed by atoms with Crippen molar-refractivity contribution < 1.29 is 5.11 Å². The molecule has 3 rings (SSSR count). The van der Waals surface area contributed by atoms with Crippen molar-refractivity contribution in [3.05, 3.63) is 24.3 Å². The van der Waals surface area contributed by atoms with E-state index in [2.05, 4.69) is 27.6 Å². The van der Waals surface area contributed by atoms with Crippen LogP contribution >= 0.6 is 0 Å². The Morgan fingerprint density at radius 2 is 1.94 bits per heavy atom. The van der Waals surface area contributed by atoms with Gasteiger partial charge in [-0.3, -0.25) is 0 Å². The van der Waals surface area contributed by atoms with Crippen LogP contribution in [0, 0.1) is 0 Å². The van der Waals surface area contributed by atoms with E-state index in [-0.39, 0.29) is 6.10 Å². The van der Waals surface area contributed by atoms with Crippen LogP contribution in [-0.2, 0) is 7.05 Å². The van der Waals surface area contributed by atoms with Gasteiger partial charge in [0.2, 0.25) is 5.95 Å². The molecule has 0 bridgehead atoms. The molecule has 0 atom stereocenters. The molecule has 1 aliphatic heterocycles. The van der Waals surface area contributed by atoms with Gasteiger partial charge < -0.3 is 14.6 Å². The Bertz CT molecular complexity index is 526. The summed E-state index contributed by atoms with van der Waals surface area (Å²) in [6.45, 7) is 1.77. The normalized spacial score (nSPS) is 17.9. The van der Waals surface area contributed by atoms with E-state index in [1.54, 1.807) is 0 Å². The minimum atomic E-state index is -0.138. The number of benzene rings is 1. The van der Waals surface area contributed by atoms with Crippen molar-refractivity contribution in [2.24, 2.45) is 7.05 Å². The number of nitrogens with zero attached hydrogens (tertiary/aromatic N) is 3. The van der Waals surface area contributed by atoms with Crippen LogP contribution in [-0.4, -0.2) is 33.9 Å². The molecule has 2 heterocycles. The Hall–Kier alpha value is -1.55. The second-order valence-electron chi connectivity index (χ2n) is 4.68. The number of hydrogen-bond donors (Lipinski definition) is 1. The lowest BCUT2D eigenvalue weighted by Gasteiger charge is -2.30. The fourth-order valence-corrected chi connectivity index (χ4v) is 2.48. The van der Waals surface area contributed by atoms with Crippen molar-refractivity contribution in [2.75, 3.05) is 18.0 Å². The van der Waals surface area contributed by atoms with Crippen LogP contribution in [0.5, 0.6) is 0 Å². The molecule has 1 saturated heterocycles. The van der Waals surface area contributed by atoms with Crippen molar-refractivity contribution in [3.8, 4) is 0 Å². The molecule has 0 saturated carbocycles. The first-order valence-corrected chi connectivity index (χ1v) is 6.10. The van der Waals surface area contributed by atoms with E-state index >= 15 is 0 Å². The molecule has 17 heavy (non-hydrogen) atoms. The van der Waals surface area contributed by atoms with Gasteiger partial charge in [0.15, 0.2) is 0 Å². The molecule has 0 radical (unpaired) electrons. The highest BCUT2D eigenvalue weighted by atomic mass is 16.3. The summed E-state index contributed by atoms with van der Waals surface area (Å²) < 4.78 is 2.13. The number of para-hydroxylation sites is 2. The van der Waals surface area contributed by atoms with Gasteiger partial charge in [-0.2, -0.15) is 0 Å². The largest absolute Gasteiger partial charge is 0.393 e. The molecular weight excluding hydrogens is 214 g/mol. The van der Waals surface area contributed by atoms with E-state index in [9.17, 15) is 5.11 Å². The number of hydrogen-bond acceptors (Lipinski definition) is 3. The van der Waals surface area contributed by atoms with Crippen LogP contribution in [0.25, 0.3) is 11.0 Å². The van der Waals surface area contributed by atoms with Gasteiger partial charge in [-0.05, 0) is 25.0 Å².